The lowest BCUT2D eigenvalue weighted by atomic mass is 10.1. The minimum absolute atomic E-state index is 0.252. The van der Waals surface area contributed by atoms with Crippen LogP contribution in [0.4, 0.5) is 0 Å². The van der Waals surface area contributed by atoms with Crippen molar-refractivity contribution in [3.05, 3.63) is 29.8 Å². The van der Waals surface area contributed by atoms with Crippen molar-refractivity contribution in [2.24, 2.45) is 10.9 Å². The van der Waals surface area contributed by atoms with Crippen LogP contribution < -0.4 is 10.0 Å². The maximum atomic E-state index is 12.4. The number of nitrogens with zero attached hydrogens (tertiary/aromatic N) is 2. The molecule has 1 heterocycles. The van der Waals surface area contributed by atoms with Crippen LogP contribution >= 0.6 is 0 Å². The van der Waals surface area contributed by atoms with E-state index in [2.05, 4.69) is 19.9 Å². The summed E-state index contributed by atoms with van der Waals surface area (Å²) in [5.41, 5.74) is 1.02. The van der Waals surface area contributed by atoms with E-state index in [0.717, 1.165) is 44.2 Å². The Kier molecular flexibility index (Phi) is 9.86. The van der Waals surface area contributed by atoms with Gasteiger partial charge in [0.1, 0.15) is 0 Å². The highest BCUT2D eigenvalue weighted by Crippen LogP contribution is 2.16. The molecule has 8 nitrogen and oxygen atoms in total. The van der Waals surface area contributed by atoms with Crippen LogP contribution in [0.3, 0.4) is 0 Å². The number of aryl methyl sites for hydroxylation is 1. The molecule has 1 unspecified atom stereocenters. The summed E-state index contributed by atoms with van der Waals surface area (Å²) in [7, 11) is -1.84. The maximum Gasteiger partial charge on any atom is 0.240 e. The molecule has 2 rings (SSSR count). The normalized spacial score (nSPS) is 17.7. The van der Waals surface area contributed by atoms with Gasteiger partial charge in [0.25, 0.3) is 0 Å². The monoisotopic (exact) mass is 426 g/mol. The zero-order valence-electron chi connectivity index (χ0n) is 17.7. The molecule has 0 saturated carbocycles. The second-order valence-corrected chi connectivity index (χ2v) is 8.88. The highest BCUT2D eigenvalue weighted by atomic mass is 32.2. The van der Waals surface area contributed by atoms with E-state index in [9.17, 15) is 8.42 Å². The quantitative estimate of drug-likeness (QED) is 0.314. The number of guanidine groups is 1. The van der Waals surface area contributed by atoms with E-state index in [-0.39, 0.29) is 11.4 Å². The van der Waals surface area contributed by atoms with E-state index in [1.807, 2.05) is 13.8 Å². The zero-order valence-corrected chi connectivity index (χ0v) is 18.5. The van der Waals surface area contributed by atoms with E-state index in [1.165, 1.54) is 0 Å². The van der Waals surface area contributed by atoms with Crippen LogP contribution in [0.1, 0.15) is 18.9 Å². The first-order valence-corrected chi connectivity index (χ1v) is 11.6. The summed E-state index contributed by atoms with van der Waals surface area (Å²) in [6.45, 7) is 9.08. The molecule has 0 aromatic heterocycles. The van der Waals surface area contributed by atoms with Gasteiger partial charge in [-0.15, -0.1) is 0 Å². The van der Waals surface area contributed by atoms with Gasteiger partial charge in [0, 0.05) is 39.2 Å². The van der Waals surface area contributed by atoms with Crippen LogP contribution in [0.15, 0.2) is 34.2 Å². The Bertz CT molecular complexity index is 737. The first-order chi connectivity index (χ1) is 14.0. The molecule has 2 N–H and O–H groups in total. The van der Waals surface area contributed by atoms with Gasteiger partial charge < -0.3 is 19.7 Å². The van der Waals surface area contributed by atoms with Gasteiger partial charge in [-0.05, 0) is 32.4 Å². The molecule has 1 aliphatic heterocycles. The third-order valence-electron chi connectivity index (χ3n) is 4.70. The predicted molar refractivity (Wildman–Crippen MR) is 115 cm³/mol. The average molecular weight is 427 g/mol. The molecular formula is C20H34N4O4S. The topological polar surface area (TPSA) is 92.3 Å². The van der Waals surface area contributed by atoms with E-state index < -0.39 is 10.0 Å². The summed E-state index contributed by atoms with van der Waals surface area (Å²) in [4.78, 5) is 7.08. The lowest BCUT2D eigenvalue weighted by Gasteiger charge is -2.21. The highest BCUT2D eigenvalue weighted by Gasteiger charge is 2.25. The molecule has 0 radical (unpaired) electrons. The molecule has 1 aromatic carbocycles. The van der Waals surface area contributed by atoms with Crippen LogP contribution in [-0.2, 0) is 19.5 Å². The number of aliphatic imine (C=N–C) groups is 1. The Morgan fingerprint density at radius 2 is 2.03 bits per heavy atom. The molecule has 1 saturated heterocycles. The standard InChI is InChI=1S/C20H34N4O4S/c1-4-21-20(24-12-9-18(15-24)16-28-14-13-27-3)22-10-11-23-29(25,26)19-7-5-17(2)6-8-19/h5-8,18,23H,4,9-16H2,1-3H3,(H,21,22). The summed E-state index contributed by atoms with van der Waals surface area (Å²) in [5, 5.41) is 3.29. The molecule has 1 fully saturated rings. The van der Waals surface area contributed by atoms with Crippen molar-refractivity contribution in [3.63, 3.8) is 0 Å². The molecule has 1 atom stereocenters. The number of methoxy groups -OCH3 is 1. The van der Waals surface area contributed by atoms with Gasteiger partial charge in [-0.25, -0.2) is 13.1 Å². The largest absolute Gasteiger partial charge is 0.382 e. The Morgan fingerprint density at radius 3 is 2.72 bits per heavy atom. The fourth-order valence-corrected chi connectivity index (χ4v) is 4.14. The molecule has 1 aliphatic rings. The number of hydrogen-bond acceptors (Lipinski definition) is 5. The number of hydrogen-bond donors (Lipinski definition) is 2. The summed E-state index contributed by atoms with van der Waals surface area (Å²) >= 11 is 0. The number of sulfonamides is 1. The van der Waals surface area contributed by atoms with Crippen molar-refractivity contribution < 1.29 is 17.9 Å². The van der Waals surface area contributed by atoms with E-state index in [0.29, 0.717) is 25.7 Å². The van der Waals surface area contributed by atoms with E-state index >= 15 is 0 Å². The molecule has 0 bridgehead atoms. The number of rotatable bonds is 11. The Hall–Kier alpha value is -1.68. The number of nitrogens with one attached hydrogen (secondary N) is 2. The van der Waals surface area contributed by atoms with Crippen molar-refractivity contribution in [3.8, 4) is 0 Å². The van der Waals surface area contributed by atoms with E-state index in [4.69, 9.17) is 9.47 Å². The molecule has 164 valence electrons. The van der Waals surface area contributed by atoms with Gasteiger partial charge in [-0.1, -0.05) is 17.7 Å². The van der Waals surface area contributed by atoms with Gasteiger partial charge in [-0.2, -0.15) is 0 Å². The highest BCUT2D eigenvalue weighted by molar-refractivity contribution is 7.89. The third kappa shape index (κ3) is 7.93. The first-order valence-electron chi connectivity index (χ1n) is 10.1. The van der Waals surface area contributed by atoms with Gasteiger partial charge in [0.2, 0.25) is 10.0 Å². The Labute approximate surface area is 174 Å². The van der Waals surface area contributed by atoms with Crippen LogP contribution in [0.2, 0.25) is 0 Å². The fraction of sp³-hybridized carbons (Fsp3) is 0.650. The molecular weight excluding hydrogens is 392 g/mol. The molecule has 0 amide bonds. The third-order valence-corrected chi connectivity index (χ3v) is 6.18. The first kappa shape index (κ1) is 23.6. The molecule has 0 spiro atoms. The second-order valence-electron chi connectivity index (χ2n) is 7.11. The molecule has 29 heavy (non-hydrogen) atoms. The summed E-state index contributed by atoms with van der Waals surface area (Å²) in [5.74, 6) is 1.29. The SMILES string of the molecule is CCNC(=NCCNS(=O)(=O)c1ccc(C)cc1)N1CCC(COCCOC)C1. The Balaban J connectivity index is 1.82. The van der Waals surface area contributed by atoms with E-state index in [1.54, 1.807) is 31.4 Å². The van der Waals surface area contributed by atoms with Crippen molar-refractivity contribution in [2.75, 3.05) is 59.7 Å². The summed E-state index contributed by atoms with van der Waals surface area (Å²) in [6, 6.07) is 6.81. The van der Waals surface area contributed by atoms with Crippen LogP contribution in [0.25, 0.3) is 0 Å². The smallest absolute Gasteiger partial charge is 0.240 e. The van der Waals surface area contributed by atoms with Crippen molar-refractivity contribution in [2.45, 2.75) is 25.2 Å². The fourth-order valence-electron chi connectivity index (χ4n) is 3.12. The van der Waals surface area contributed by atoms with Crippen LogP contribution in [0.5, 0.6) is 0 Å². The van der Waals surface area contributed by atoms with Crippen molar-refractivity contribution >= 4 is 16.0 Å². The second kappa shape index (κ2) is 12.1. The molecule has 1 aromatic rings. The molecule has 0 aliphatic carbocycles. The maximum absolute atomic E-state index is 12.4. The molecule has 9 heteroatoms. The van der Waals surface area contributed by atoms with Crippen LogP contribution in [-0.4, -0.2) is 78.9 Å². The van der Waals surface area contributed by atoms with Crippen molar-refractivity contribution in [1.29, 1.82) is 0 Å². The van der Waals surface area contributed by atoms with Crippen LogP contribution in [0, 0.1) is 12.8 Å². The minimum atomic E-state index is -3.51. The van der Waals surface area contributed by atoms with Gasteiger partial charge in [0.15, 0.2) is 5.96 Å². The number of benzene rings is 1. The summed E-state index contributed by atoms with van der Waals surface area (Å²) in [6.07, 6.45) is 1.05. The number of ether oxygens (including phenoxy) is 2. The predicted octanol–water partition coefficient (Wildman–Crippen LogP) is 1.22. The zero-order chi connectivity index (χ0) is 21.1. The lowest BCUT2D eigenvalue weighted by Crippen LogP contribution is -2.41. The Morgan fingerprint density at radius 1 is 1.28 bits per heavy atom. The van der Waals surface area contributed by atoms with Crippen molar-refractivity contribution in [1.82, 2.24) is 14.9 Å². The minimum Gasteiger partial charge on any atom is -0.382 e. The van der Waals surface area contributed by atoms with Gasteiger partial charge in [0.05, 0.1) is 31.3 Å². The van der Waals surface area contributed by atoms with Gasteiger partial charge >= 0.3 is 0 Å². The lowest BCUT2D eigenvalue weighted by molar-refractivity contribution is 0.0536. The number of likely N-dealkylation sites (tertiary alicyclic amines) is 1. The summed E-state index contributed by atoms with van der Waals surface area (Å²) < 4.78 is 38.0. The van der Waals surface area contributed by atoms with Gasteiger partial charge in [-0.3, -0.25) is 4.99 Å². The average Bonchev–Trinajstić information content (AvgIpc) is 3.17.